The van der Waals surface area contributed by atoms with Crippen molar-refractivity contribution in [3.8, 4) is 5.75 Å². The molecule has 2 fully saturated rings. The van der Waals surface area contributed by atoms with Crippen molar-refractivity contribution in [1.29, 1.82) is 0 Å². The normalized spacial score (nSPS) is 22.4. The van der Waals surface area contributed by atoms with Crippen LogP contribution in [0.3, 0.4) is 0 Å². The molecule has 2 N–H and O–H groups in total. The number of hydrogen-bond acceptors (Lipinski definition) is 7. The lowest BCUT2D eigenvalue weighted by atomic mass is 9.96. The summed E-state index contributed by atoms with van der Waals surface area (Å²) >= 11 is 0. The van der Waals surface area contributed by atoms with Gasteiger partial charge in [0.1, 0.15) is 18.0 Å². The van der Waals surface area contributed by atoms with Gasteiger partial charge in [0.2, 0.25) is 0 Å². The van der Waals surface area contributed by atoms with E-state index < -0.39 is 5.60 Å². The summed E-state index contributed by atoms with van der Waals surface area (Å²) in [7, 11) is 0. The summed E-state index contributed by atoms with van der Waals surface area (Å²) in [5, 5.41) is 9.69. The van der Waals surface area contributed by atoms with Crippen molar-refractivity contribution in [3.63, 3.8) is 0 Å². The fraction of sp³-hybridized carbons (Fsp3) is 0.435. The third-order valence-corrected chi connectivity index (χ3v) is 6.27. The molecule has 0 aromatic heterocycles. The Kier molecular flexibility index (Phi) is 5.33. The number of nitrogens with one attached hydrogen (secondary N) is 1. The van der Waals surface area contributed by atoms with Crippen molar-refractivity contribution < 1.29 is 24.2 Å². The van der Waals surface area contributed by atoms with Gasteiger partial charge in [-0.25, -0.2) is 4.79 Å². The maximum absolute atomic E-state index is 12.6. The Labute approximate surface area is 181 Å². The molecular weight excluding hydrogens is 398 g/mol. The molecule has 2 aromatic carbocycles. The van der Waals surface area contributed by atoms with E-state index in [1.807, 2.05) is 42.5 Å². The molecule has 2 aromatic rings. The number of morpholine rings is 1. The fourth-order valence-corrected chi connectivity index (χ4v) is 4.66. The lowest BCUT2D eigenvalue weighted by Crippen LogP contribution is -2.39. The number of nitrogens with zero attached hydrogens (tertiary/aromatic N) is 2. The average molecular weight is 425 g/mol. The summed E-state index contributed by atoms with van der Waals surface area (Å²) in [5.74, 6) is 0.819. The summed E-state index contributed by atoms with van der Waals surface area (Å²) < 4.78 is 17.4. The maximum atomic E-state index is 12.6. The Morgan fingerprint density at radius 3 is 2.74 bits per heavy atom. The molecule has 3 aliphatic rings. The lowest BCUT2D eigenvalue weighted by molar-refractivity contribution is 0.0789. The Morgan fingerprint density at radius 1 is 1.16 bits per heavy atom. The third-order valence-electron chi connectivity index (χ3n) is 6.27. The molecule has 0 bridgehead atoms. The van der Waals surface area contributed by atoms with E-state index in [-0.39, 0.29) is 12.7 Å². The number of likely N-dealkylation sites (tertiary alicyclic amines) is 1. The smallest absolute Gasteiger partial charge is 0.410 e. The van der Waals surface area contributed by atoms with Gasteiger partial charge in [-0.2, -0.15) is 0 Å². The SMILES string of the molecule is O=C(OCc1ccccc1)N1CCC2(Cc3cc(NO)c(N4CCOCC4)cc3O2)C1. The molecule has 3 aliphatic heterocycles. The van der Waals surface area contributed by atoms with Gasteiger partial charge in [-0.1, -0.05) is 30.3 Å². The van der Waals surface area contributed by atoms with Gasteiger partial charge in [0, 0.05) is 44.1 Å². The largest absolute Gasteiger partial charge is 0.485 e. The van der Waals surface area contributed by atoms with Crippen LogP contribution in [0, 0.1) is 0 Å². The number of carbonyl (C=O) groups is 1. The van der Waals surface area contributed by atoms with E-state index in [1.54, 1.807) is 4.90 Å². The van der Waals surface area contributed by atoms with Gasteiger partial charge in [0.25, 0.3) is 0 Å². The zero-order valence-corrected chi connectivity index (χ0v) is 17.4. The maximum Gasteiger partial charge on any atom is 0.410 e. The first-order valence-corrected chi connectivity index (χ1v) is 10.7. The first kappa shape index (κ1) is 20.0. The number of carbonyl (C=O) groups excluding carboxylic acids is 1. The topological polar surface area (TPSA) is 83.5 Å². The van der Waals surface area contributed by atoms with Crippen molar-refractivity contribution in [2.24, 2.45) is 0 Å². The molecule has 1 unspecified atom stereocenters. The molecule has 8 heteroatoms. The predicted octanol–water partition coefficient (Wildman–Crippen LogP) is 3.04. The Morgan fingerprint density at radius 2 is 1.97 bits per heavy atom. The number of amides is 1. The third kappa shape index (κ3) is 4.00. The van der Waals surface area contributed by atoms with E-state index in [0.717, 1.165) is 42.1 Å². The number of benzene rings is 2. The Bertz CT molecular complexity index is 948. The molecule has 1 atom stereocenters. The van der Waals surface area contributed by atoms with Gasteiger partial charge in [0.15, 0.2) is 0 Å². The number of fused-ring (bicyclic) bond motifs is 1. The van der Waals surface area contributed by atoms with Crippen LogP contribution in [-0.4, -0.2) is 61.2 Å². The Hall–Kier alpha value is -2.97. The van der Waals surface area contributed by atoms with Crippen molar-refractivity contribution in [3.05, 3.63) is 53.6 Å². The molecule has 2 saturated heterocycles. The number of hydrogen-bond donors (Lipinski definition) is 2. The summed E-state index contributed by atoms with van der Waals surface area (Å²) in [4.78, 5) is 16.5. The molecule has 3 heterocycles. The number of anilines is 2. The lowest BCUT2D eigenvalue weighted by Gasteiger charge is -2.30. The molecule has 0 aliphatic carbocycles. The highest BCUT2D eigenvalue weighted by Gasteiger charge is 2.47. The van der Waals surface area contributed by atoms with E-state index in [0.29, 0.717) is 38.4 Å². The van der Waals surface area contributed by atoms with Crippen molar-refractivity contribution in [2.45, 2.75) is 25.0 Å². The van der Waals surface area contributed by atoms with Crippen molar-refractivity contribution in [2.75, 3.05) is 49.8 Å². The molecule has 8 nitrogen and oxygen atoms in total. The number of ether oxygens (including phenoxy) is 3. The second-order valence-electron chi connectivity index (χ2n) is 8.36. The molecule has 1 spiro atoms. The van der Waals surface area contributed by atoms with Gasteiger partial charge < -0.3 is 24.0 Å². The molecule has 1 amide bonds. The van der Waals surface area contributed by atoms with Crippen LogP contribution in [-0.2, 0) is 22.5 Å². The van der Waals surface area contributed by atoms with Crippen LogP contribution in [0.4, 0.5) is 16.2 Å². The second-order valence-corrected chi connectivity index (χ2v) is 8.36. The highest BCUT2D eigenvalue weighted by molar-refractivity contribution is 5.74. The van der Waals surface area contributed by atoms with Gasteiger partial charge in [-0.05, 0) is 11.6 Å². The Balaban J connectivity index is 1.26. The zero-order valence-electron chi connectivity index (χ0n) is 17.4. The van der Waals surface area contributed by atoms with Crippen LogP contribution >= 0.6 is 0 Å². The predicted molar refractivity (Wildman–Crippen MR) is 115 cm³/mol. The van der Waals surface area contributed by atoms with Gasteiger partial charge >= 0.3 is 6.09 Å². The van der Waals surface area contributed by atoms with Crippen LogP contribution in [0.1, 0.15) is 17.5 Å². The van der Waals surface area contributed by atoms with Crippen LogP contribution in [0.5, 0.6) is 5.75 Å². The van der Waals surface area contributed by atoms with E-state index in [1.165, 1.54) is 0 Å². The zero-order chi connectivity index (χ0) is 21.3. The van der Waals surface area contributed by atoms with Crippen molar-refractivity contribution >= 4 is 17.5 Å². The average Bonchev–Trinajstić information content (AvgIpc) is 3.39. The van der Waals surface area contributed by atoms with Gasteiger partial charge in [-0.3, -0.25) is 10.7 Å². The van der Waals surface area contributed by atoms with E-state index in [9.17, 15) is 10.0 Å². The first-order chi connectivity index (χ1) is 15.2. The molecule has 0 saturated carbocycles. The molecular formula is C23H27N3O5. The highest BCUT2D eigenvalue weighted by Crippen LogP contribution is 2.45. The molecule has 164 valence electrons. The van der Waals surface area contributed by atoms with Gasteiger partial charge in [0.05, 0.1) is 31.1 Å². The molecule has 31 heavy (non-hydrogen) atoms. The van der Waals surface area contributed by atoms with Gasteiger partial charge in [-0.15, -0.1) is 0 Å². The minimum Gasteiger partial charge on any atom is -0.485 e. The van der Waals surface area contributed by atoms with Crippen LogP contribution in [0.15, 0.2) is 42.5 Å². The van der Waals surface area contributed by atoms with Crippen LogP contribution in [0.25, 0.3) is 0 Å². The summed E-state index contributed by atoms with van der Waals surface area (Å²) in [5.41, 5.74) is 5.47. The van der Waals surface area contributed by atoms with Crippen LogP contribution < -0.4 is 15.1 Å². The minimum absolute atomic E-state index is 0.263. The first-order valence-electron chi connectivity index (χ1n) is 10.7. The van der Waals surface area contributed by atoms with E-state index in [2.05, 4.69) is 10.4 Å². The summed E-state index contributed by atoms with van der Waals surface area (Å²) in [6, 6.07) is 13.6. The monoisotopic (exact) mass is 425 g/mol. The van der Waals surface area contributed by atoms with E-state index >= 15 is 0 Å². The number of rotatable bonds is 4. The fourth-order valence-electron chi connectivity index (χ4n) is 4.66. The molecule has 5 rings (SSSR count). The standard InChI is InChI=1S/C23H27N3O5/c27-22(30-15-17-4-2-1-3-5-17)26-7-6-23(16-26)14-18-12-19(24-28)20(13-21(18)31-23)25-8-10-29-11-9-25/h1-5,12-13,24,28H,6-11,14-16H2. The van der Waals surface area contributed by atoms with Crippen molar-refractivity contribution in [1.82, 2.24) is 4.90 Å². The quantitative estimate of drug-likeness (QED) is 0.729. The summed E-state index contributed by atoms with van der Waals surface area (Å²) in [6.07, 6.45) is 1.13. The van der Waals surface area contributed by atoms with Crippen LogP contribution in [0.2, 0.25) is 0 Å². The minimum atomic E-state index is -0.440. The second kappa shape index (κ2) is 8.28. The van der Waals surface area contributed by atoms with E-state index in [4.69, 9.17) is 14.2 Å². The summed E-state index contributed by atoms with van der Waals surface area (Å²) in [6.45, 7) is 4.20. The molecule has 0 radical (unpaired) electrons. The highest BCUT2D eigenvalue weighted by atomic mass is 16.6.